The molecule has 1 heterocycles. The Morgan fingerprint density at radius 1 is 1.35 bits per heavy atom. The number of hydrogen-bond acceptors (Lipinski definition) is 2. The number of aryl methyl sites for hydroxylation is 1. The Morgan fingerprint density at radius 2 is 2.10 bits per heavy atom. The lowest BCUT2D eigenvalue weighted by atomic mass is 10.2. The third kappa shape index (κ3) is 3.72. The highest BCUT2D eigenvalue weighted by molar-refractivity contribution is 5.94. The highest BCUT2D eigenvalue weighted by Crippen LogP contribution is 2.03. The van der Waals surface area contributed by atoms with Gasteiger partial charge in [-0.2, -0.15) is 5.10 Å². The van der Waals surface area contributed by atoms with Crippen LogP contribution in [0.1, 0.15) is 18.1 Å². The van der Waals surface area contributed by atoms with Gasteiger partial charge in [-0.15, -0.1) is 0 Å². The molecule has 0 spiro atoms. The number of rotatable bonds is 3. The lowest BCUT2D eigenvalue weighted by Gasteiger charge is -2.16. The van der Waals surface area contributed by atoms with E-state index in [9.17, 15) is 4.79 Å². The van der Waals surface area contributed by atoms with Gasteiger partial charge < -0.3 is 4.90 Å². The second-order valence-electron chi connectivity index (χ2n) is 4.46. The Balaban J connectivity index is 2.04. The predicted molar refractivity (Wildman–Crippen MR) is 77.6 cm³/mol. The van der Waals surface area contributed by atoms with Crippen molar-refractivity contribution in [1.29, 1.82) is 0 Å². The molecule has 4 nitrogen and oxygen atoms in total. The molecule has 0 N–H and O–H groups in total. The number of aromatic nitrogens is 2. The summed E-state index contributed by atoms with van der Waals surface area (Å²) in [5, 5.41) is 4.10. The SMILES string of the molecule is CCN(Cc1cnn(C)c1)C(=O)C#Cc1ccccc1. The molecule has 4 heteroatoms. The minimum atomic E-state index is -0.166. The quantitative estimate of drug-likeness (QED) is 0.796. The van der Waals surface area contributed by atoms with Crippen molar-refractivity contribution >= 4 is 5.91 Å². The van der Waals surface area contributed by atoms with E-state index in [2.05, 4.69) is 16.9 Å². The van der Waals surface area contributed by atoms with Gasteiger partial charge >= 0.3 is 0 Å². The summed E-state index contributed by atoms with van der Waals surface area (Å²) in [6.45, 7) is 3.10. The highest BCUT2D eigenvalue weighted by Gasteiger charge is 2.10. The average molecular weight is 267 g/mol. The van der Waals surface area contributed by atoms with Crippen LogP contribution in [0.25, 0.3) is 0 Å². The molecular formula is C16H17N3O. The smallest absolute Gasteiger partial charge is 0.299 e. The molecule has 1 aromatic carbocycles. The van der Waals surface area contributed by atoms with Gasteiger partial charge in [0.25, 0.3) is 5.91 Å². The average Bonchev–Trinajstić information content (AvgIpc) is 2.88. The maximum Gasteiger partial charge on any atom is 0.299 e. The molecule has 0 atom stereocenters. The third-order valence-electron chi connectivity index (χ3n) is 2.89. The van der Waals surface area contributed by atoms with E-state index in [1.807, 2.05) is 50.5 Å². The second kappa shape index (κ2) is 6.58. The fraction of sp³-hybridized carbons (Fsp3) is 0.250. The van der Waals surface area contributed by atoms with E-state index in [0.29, 0.717) is 13.1 Å². The number of nitrogens with zero attached hydrogens (tertiary/aromatic N) is 3. The van der Waals surface area contributed by atoms with Crippen molar-refractivity contribution in [2.75, 3.05) is 6.54 Å². The molecule has 2 aromatic rings. The van der Waals surface area contributed by atoms with Gasteiger partial charge in [-0.05, 0) is 19.1 Å². The van der Waals surface area contributed by atoms with E-state index in [1.165, 1.54) is 0 Å². The highest BCUT2D eigenvalue weighted by atomic mass is 16.2. The van der Waals surface area contributed by atoms with Crippen LogP contribution in [0.15, 0.2) is 42.7 Å². The summed E-state index contributed by atoms with van der Waals surface area (Å²) < 4.78 is 1.73. The van der Waals surface area contributed by atoms with Crippen molar-refractivity contribution in [2.24, 2.45) is 7.05 Å². The van der Waals surface area contributed by atoms with Crippen LogP contribution in [0.2, 0.25) is 0 Å². The molecule has 20 heavy (non-hydrogen) atoms. The van der Waals surface area contributed by atoms with Gasteiger partial charge in [0.05, 0.1) is 6.20 Å². The summed E-state index contributed by atoms with van der Waals surface area (Å²) in [5.74, 6) is 5.41. The third-order valence-corrected chi connectivity index (χ3v) is 2.89. The molecule has 1 aromatic heterocycles. The number of carbonyl (C=O) groups excluding carboxylic acids is 1. The molecule has 0 aliphatic heterocycles. The number of amides is 1. The first kappa shape index (κ1) is 13.9. The van der Waals surface area contributed by atoms with Gasteiger partial charge in [0.1, 0.15) is 0 Å². The monoisotopic (exact) mass is 267 g/mol. The van der Waals surface area contributed by atoms with Crippen LogP contribution in [-0.2, 0) is 18.4 Å². The zero-order valence-corrected chi connectivity index (χ0v) is 11.7. The van der Waals surface area contributed by atoms with Crippen molar-refractivity contribution in [3.8, 4) is 11.8 Å². The number of hydrogen-bond donors (Lipinski definition) is 0. The van der Waals surface area contributed by atoms with Crippen LogP contribution in [0.3, 0.4) is 0 Å². The molecule has 2 rings (SSSR count). The van der Waals surface area contributed by atoms with E-state index in [0.717, 1.165) is 11.1 Å². The summed E-state index contributed by atoms with van der Waals surface area (Å²) in [6, 6.07) is 9.51. The van der Waals surface area contributed by atoms with Gasteiger partial charge in [0, 0.05) is 43.4 Å². The predicted octanol–water partition coefficient (Wildman–Crippen LogP) is 1.82. The fourth-order valence-electron chi connectivity index (χ4n) is 1.83. The van der Waals surface area contributed by atoms with E-state index in [4.69, 9.17) is 0 Å². The molecule has 0 bridgehead atoms. The van der Waals surface area contributed by atoms with Crippen LogP contribution in [0.4, 0.5) is 0 Å². The Labute approximate surface area is 119 Å². The van der Waals surface area contributed by atoms with E-state index >= 15 is 0 Å². The van der Waals surface area contributed by atoms with Gasteiger partial charge in [-0.3, -0.25) is 9.48 Å². The van der Waals surface area contributed by atoms with Crippen LogP contribution in [0, 0.1) is 11.8 Å². The lowest BCUT2D eigenvalue weighted by molar-refractivity contribution is -0.125. The van der Waals surface area contributed by atoms with Gasteiger partial charge in [-0.25, -0.2) is 0 Å². The molecule has 1 amide bonds. The Hall–Kier alpha value is -2.54. The Bertz CT molecular complexity index is 634. The molecule has 0 fully saturated rings. The largest absolute Gasteiger partial charge is 0.328 e. The normalized spacial score (nSPS) is 9.70. The summed E-state index contributed by atoms with van der Waals surface area (Å²) in [7, 11) is 1.86. The molecule has 0 aliphatic rings. The summed E-state index contributed by atoms with van der Waals surface area (Å²) in [6.07, 6.45) is 3.67. The molecule has 0 aliphatic carbocycles. The Kier molecular flexibility index (Phi) is 4.56. The van der Waals surface area contributed by atoms with Crippen LogP contribution < -0.4 is 0 Å². The summed E-state index contributed by atoms with van der Waals surface area (Å²) >= 11 is 0. The molecule has 102 valence electrons. The van der Waals surface area contributed by atoms with E-state index < -0.39 is 0 Å². The first-order valence-corrected chi connectivity index (χ1v) is 6.52. The van der Waals surface area contributed by atoms with Crippen molar-refractivity contribution in [2.45, 2.75) is 13.5 Å². The Morgan fingerprint density at radius 3 is 2.70 bits per heavy atom. The van der Waals surface area contributed by atoms with Crippen molar-refractivity contribution < 1.29 is 4.79 Å². The zero-order valence-electron chi connectivity index (χ0n) is 11.7. The number of benzene rings is 1. The molecule has 0 unspecified atom stereocenters. The van der Waals surface area contributed by atoms with Crippen LogP contribution in [0.5, 0.6) is 0 Å². The van der Waals surface area contributed by atoms with Crippen molar-refractivity contribution in [3.63, 3.8) is 0 Å². The minimum absolute atomic E-state index is 0.166. The van der Waals surface area contributed by atoms with Crippen molar-refractivity contribution in [1.82, 2.24) is 14.7 Å². The molecule has 0 saturated carbocycles. The zero-order chi connectivity index (χ0) is 14.4. The first-order chi connectivity index (χ1) is 9.69. The topological polar surface area (TPSA) is 38.1 Å². The van der Waals surface area contributed by atoms with Crippen LogP contribution in [-0.4, -0.2) is 27.1 Å². The standard InChI is InChI=1S/C16H17N3O/c1-3-19(13-15-11-17-18(2)12-15)16(20)10-9-14-7-5-4-6-8-14/h4-8,11-12H,3,13H2,1-2H3. The van der Waals surface area contributed by atoms with Gasteiger partial charge in [0.15, 0.2) is 0 Å². The summed E-state index contributed by atoms with van der Waals surface area (Å²) in [4.78, 5) is 13.8. The van der Waals surface area contributed by atoms with Gasteiger partial charge in [0.2, 0.25) is 0 Å². The molecule has 0 saturated heterocycles. The minimum Gasteiger partial charge on any atom is -0.328 e. The van der Waals surface area contributed by atoms with Crippen molar-refractivity contribution in [3.05, 3.63) is 53.9 Å². The maximum atomic E-state index is 12.1. The van der Waals surface area contributed by atoms with E-state index in [1.54, 1.807) is 15.8 Å². The van der Waals surface area contributed by atoms with Gasteiger partial charge in [-0.1, -0.05) is 24.1 Å². The summed E-state index contributed by atoms with van der Waals surface area (Å²) in [5.41, 5.74) is 1.85. The first-order valence-electron chi connectivity index (χ1n) is 6.52. The maximum absolute atomic E-state index is 12.1. The van der Waals surface area contributed by atoms with E-state index in [-0.39, 0.29) is 5.91 Å². The molecule has 0 radical (unpaired) electrons. The lowest BCUT2D eigenvalue weighted by Crippen LogP contribution is -2.28. The number of carbonyl (C=O) groups is 1. The fourth-order valence-corrected chi connectivity index (χ4v) is 1.83. The second-order valence-corrected chi connectivity index (χ2v) is 4.46. The van der Waals surface area contributed by atoms with Crippen LogP contribution >= 0.6 is 0 Å². The molecular weight excluding hydrogens is 250 g/mol.